The fourth-order valence-corrected chi connectivity index (χ4v) is 1.98. The third-order valence-corrected chi connectivity index (χ3v) is 3.23. The molecule has 0 bridgehead atoms. The van der Waals surface area contributed by atoms with Crippen molar-refractivity contribution in [2.24, 2.45) is 0 Å². The molecule has 0 saturated carbocycles. The molecule has 106 valence electrons. The number of aliphatic hydroxyl groups excluding tert-OH is 1. The number of hydrogen-bond donors (Lipinski definition) is 1. The molecule has 0 aliphatic carbocycles. The molecular weight excluding hydrogens is 283 g/mol. The maximum atomic E-state index is 13.6. The van der Waals surface area contributed by atoms with E-state index in [1.807, 2.05) is 0 Å². The van der Waals surface area contributed by atoms with Crippen molar-refractivity contribution in [1.29, 1.82) is 0 Å². The summed E-state index contributed by atoms with van der Waals surface area (Å²) in [6, 6.07) is 9.50. The minimum Gasteiger partial charge on any atom is -0.497 e. The summed E-state index contributed by atoms with van der Waals surface area (Å²) in [5, 5.41) is 9.62. The molecule has 0 saturated heterocycles. The number of rotatable bonds is 5. The lowest BCUT2D eigenvalue weighted by atomic mass is 10.2. The molecule has 0 atom stereocenters. The first-order valence-electron chi connectivity index (χ1n) is 5.99. The van der Waals surface area contributed by atoms with E-state index >= 15 is 0 Å². The van der Waals surface area contributed by atoms with E-state index in [-0.39, 0.29) is 18.8 Å². The maximum Gasteiger partial charge on any atom is 0.131 e. The van der Waals surface area contributed by atoms with E-state index in [9.17, 15) is 9.50 Å². The summed E-state index contributed by atoms with van der Waals surface area (Å²) in [5.74, 6) is 0.662. The Morgan fingerprint density at radius 2 is 2.05 bits per heavy atom. The van der Waals surface area contributed by atoms with Gasteiger partial charge in [-0.2, -0.15) is 0 Å². The number of ether oxygens (including phenoxy) is 2. The first-order chi connectivity index (χ1) is 9.65. The summed E-state index contributed by atoms with van der Waals surface area (Å²) >= 11 is 5.93. The molecule has 0 aromatic heterocycles. The Morgan fingerprint density at radius 1 is 1.25 bits per heavy atom. The molecule has 3 nitrogen and oxygen atoms in total. The van der Waals surface area contributed by atoms with Crippen molar-refractivity contribution in [2.75, 3.05) is 7.11 Å². The van der Waals surface area contributed by atoms with Crippen molar-refractivity contribution in [3.05, 3.63) is 58.4 Å². The summed E-state index contributed by atoms with van der Waals surface area (Å²) in [6.45, 7) is -0.206. The molecule has 1 N–H and O–H groups in total. The zero-order valence-electron chi connectivity index (χ0n) is 10.9. The molecule has 5 heteroatoms. The standard InChI is InChI=1S/C15H14ClFO3/c1-19-11-5-6-15(10(7-11)8-18)20-9-12-13(16)3-2-4-14(12)17/h2-7,18H,8-9H2,1H3. The molecule has 0 aliphatic rings. The molecule has 0 aliphatic heterocycles. The van der Waals surface area contributed by atoms with Crippen LogP contribution in [0.25, 0.3) is 0 Å². The van der Waals surface area contributed by atoms with Crippen LogP contribution in [0.3, 0.4) is 0 Å². The van der Waals surface area contributed by atoms with Crippen molar-refractivity contribution < 1.29 is 19.0 Å². The van der Waals surface area contributed by atoms with Crippen LogP contribution in [0.1, 0.15) is 11.1 Å². The van der Waals surface area contributed by atoms with Gasteiger partial charge < -0.3 is 14.6 Å². The van der Waals surface area contributed by atoms with E-state index in [0.29, 0.717) is 22.1 Å². The van der Waals surface area contributed by atoms with Crippen LogP contribution < -0.4 is 9.47 Å². The van der Waals surface area contributed by atoms with Gasteiger partial charge in [0.2, 0.25) is 0 Å². The number of methoxy groups -OCH3 is 1. The maximum absolute atomic E-state index is 13.6. The minimum absolute atomic E-state index is 0.00909. The van der Waals surface area contributed by atoms with Gasteiger partial charge in [0.05, 0.1) is 18.7 Å². The number of hydrogen-bond acceptors (Lipinski definition) is 3. The second-order valence-electron chi connectivity index (χ2n) is 4.12. The first-order valence-corrected chi connectivity index (χ1v) is 6.37. The minimum atomic E-state index is -0.420. The summed E-state index contributed by atoms with van der Waals surface area (Å²) in [5.41, 5.74) is 0.852. The zero-order chi connectivity index (χ0) is 14.5. The normalized spacial score (nSPS) is 10.4. The second-order valence-corrected chi connectivity index (χ2v) is 4.53. The molecule has 0 spiro atoms. The van der Waals surface area contributed by atoms with E-state index in [2.05, 4.69) is 0 Å². The largest absolute Gasteiger partial charge is 0.497 e. The SMILES string of the molecule is COc1ccc(OCc2c(F)cccc2Cl)c(CO)c1. The lowest BCUT2D eigenvalue weighted by Gasteiger charge is -2.12. The van der Waals surface area contributed by atoms with Crippen molar-refractivity contribution >= 4 is 11.6 Å². The van der Waals surface area contributed by atoms with E-state index < -0.39 is 5.82 Å². The van der Waals surface area contributed by atoms with Gasteiger partial charge in [-0.05, 0) is 30.3 Å². The first kappa shape index (κ1) is 14.6. The molecule has 0 unspecified atom stereocenters. The quantitative estimate of drug-likeness (QED) is 0.917. The highest BCUT2D eigenvalue weighted by Crippen LogP contribution is 2.26. The lowest BCUT2D eigenvalue weighted by Crippen LogP contribution is -2.02. The van der Waals surface area contributed by atoms with Gasteiger partial charge in [-0.3, -0.25) is 0 Å². The summed E-state index contributed by atoms with van der Waals surface area (Å²) in [4.78, 5) is 0. The zero-order valence-corrected chi connectivity index (χ0v) is 11.7. The summed E-state index contributed by atoms with van der Waals surface area (Å²) < 4.78 is 24.2. The number of halogens is 2. The van der Waals surface area contributed by atoms with Gasteiger partial charge >= 0.3 is 0 Å². The van der Waals surface area contributed by atoms with Gasteiger partial charge in [0, 0.05) is 11.1 Å². The van der Waals surface area contributed by atoms with Gasteiger partial charge in [0.1, 0.15) is 23.9 Å². The van der Waals surface area contributed by atoms with Crippen LogP contribution in [0.15, 0.2) is 36.4 Å². The molecule has 0 amide bonds. The van der Waals surface area contributed by atoms with Crippen LogP contribution in [0, 0.1) is 5.82 Å². The number of benzene rings is 2. The lowest BCUT2D eigenvalue weighted by molar-refractivity contribution is 0.256. The van der Waals surface area contributed by atoms with Crippen LogP contribution in [0.2, 0.25) is 5.02 Å². The highest BCUT2D eigenvalue weighted by molar-refractivity contribution is 6.31. The second kappa shape index (κ2) is 6.59. The van der Waals surface area contributed by atoms with Crippen molar-refractivity contribution in [3.63, 3.8) is 0 Å². The molecule has 2 rings (SSSR count). The molecule has 0 radical (unpaired) electrons. The fourth-order valence-electron chi connectivity index (χ4n) is 1.77. The average Bonchev–Trinajstić information content (AvgIpc) is 2.46. The average molecular weight is 297 g/mol. The smallest absolute Gasteiger partial charge is 0.131 e. The van der Waals surface area contributed by atoms with Crippen molar-refractivity contribution in [2.45, 2.75) is 13.2 Å². The molecule has 0 heterocycles. The van der Waals surface area contributed by atoms with Crippen LogP contribution in [-0.2, 0) is 13.2 Å². The third kappa shape index (κ3) is 3.21. The summed E-state index contributed by atoms with van der Waals surface area (Å²) in [6.07, 6.45) is 0. The highest BCUT2D eigenvalue weighted by Gasteiger charge is 2.10. The van der Waals surface area contributed by atoms with Gasteiger partial charge in [-0.25, -0.2) is 4.39 Å². The van der Waals surface area contributed by atoms with Gasteiger partial charge in [0.15, 0.2) is 0 Å². The van der Waals surface area contributed by atoms with Crippen LogP contribution in [-0.4, -0.2) is 12.2 Å². The molecule has 20 heavy (non-hydrogen) atoms. The summed E-state index contributed by atoms with van der Waals surface area (Å²) in [7, 11) is 1.54. The van der Waals surface area contributed by atoms with Crippen LogP contribution in [0.4, 0.5) is 4.39 Å². The highest BCUT2D eigenvalue weighted by atomic mass is 35.5. The van der Waals surface area contributed by atoms with Crippen molar-refractivity contribution in [1.82, 2.24) is 0 Å². The van der Waals surface area contributed by atoms with E-state index in [0.717, 1.165) is 0 Å². The Labute approximate surface area is 121 Å². The Balaban J connectivity index is 2.19. The number of aliphatic hydroxyl groups is 1. The Morgan fingerprint density at radius 3 is 2.70 bits per heavy atom. The van der Waals surface area contributed by atoms with E-state index in [4.69, 9.17) is 21.1 Å². The Bertz CT molecular complexity index is 581. The molecule has 2 aromatic carbocycles. The molecular formula is C15H14ClFO3. The van der Waals surface area contributed by atoms with E-state index in [1.54, 1.807) is 24.3 Å². The van der Waals surface area contributed by atoms with Crippen molar-refractivity contribution in [3.8, 4) is 11.5 Å². The molecule has 0 fully saturated rings. The Kier molecular flexibility index (Phi) is 4.82. The monoisotopic (exact) mass is 296 g/mol. The van der Waals surface area contributed by atoms with E-state index in [1.165, 1.54) is 19.2 Å². The fraction of sp³-hybridized carbons (Fsp3) is 0.200. The van der Waals surface area contributed by atoms with Gasteiger partial charge in [-0.1, -0.05) is 17.7 Å². The van der Waals surface area contributed by atoms with Crippen LogP contribution >= 0.6 is 11.6 Å². The predicted molar refractivity (Wildman–Crippen MR) is 74.7 cm³/mol. The third-order valence-electron chi connectivity index (χ3n) is 2.87. The van der Waals surface area contributed by atoms with Gasteiger partial charge in [-0.15, -0.1) is 0 Å². The Hall–Kier alpha value is -1.78. The topological polar surface area (TPSA) is 38.7 Å². The van der Waals surface area contributed by atoms with Gasteiger partial charge in [0.25, 0.3) is 0 Å². The molecule has 2 aromatic rings. The predicted octanol–water partition coefficient (Wildman–Crippen LogP) is 3.56. The van der Waals surface area contributed by atoms with Crippen LogP contribution in [0.5, 0.6) is 11.5 Å².